The number of amides is 1. The molecule has 1 aromatic carbocycles. The predicted molar refractivity (Wildman–Crippen MR) is 112 cm³/mol. The first-order valence-corrected chi connectivity index (χ1v) is 10.1. The van der Waals surface area contributed by atoms with Crippen LogP contribution in [0.25, 0.3) is 10.4 Å². The van der Waals surface area contributed by atoms with E-state index in [1.807, 2.05) is 31.3 Å². The van der Waals surface area contributed by atoms with Gasteiger partial charge in [-0.2, -0.15) is 0 Å². The number of carbonyl (C=O) groups excluding carboxylic acids is 1. The van der Waals surface area contributed by atoms with Gasteiger partial charge in [-0.1, -0.05) is 23.5 Å². The van der Waals surface area contributed by atoms with E-state index < -0.39 is 0 Å². The molecule has 1 amide bonds. The highest BCUT2D eigenvalue weighted by Crippen LogP contribution is 2.34. The molecule has 1 aliphatic rings. The Bertz CT molecular complexity index is 980. The van der Waals surface area contributed by atoms with Gasteiger partial charge in [0.15, 0.2) is 5.13 Å². The Morgan fingerprint density at radius 1 is 1.25 bits per heavy atom. The molecule has 0 aliphatic carbocycles. The first-order valence-electron chi connectivity index (χ1n) is 9.26. The van der Waals surface area contributed by atoms with Crippen LogP contribution in [-0.4, -0.2) is 33.9 Å². The maximum atomic E-state index is 11.3. The smallest absolute Gasteiger partial charge is 0.227 e. The second kappa shape index (κ2) is 7.93. The van der Waals surface area contributed by atoms with Crippen molar-refractivity contribution in [2.75, 3.05) is 23.3 Å². The fraction of sp³-hybridized carbons (Fsp3) is 0.300. The van der Waals surface area contributed by atoms with Gasteiger partial charge < -0.3 is 16.0 Å². The molecule has 1 saturated heterocycles. The molecule has 3 N–H and O–H groups in total. The van der Waals surface area contributed by atoms with Crippen molar-refractivity contribution < 1.29 is 4.79 Å². The first-order chi connectivity index (χ1) is 13.6. The minimum Gasteiger partial charge on any atom is -0.369 e. The van der Waals surface area contributed by atoms with E-state index in [1.54, 1.807) is 17.5 Å². The number of benzene rings is 1. The molecule has 8 heteroatoms. The Balaban J connectivity index is 1.47. The van der Waals surface area contributed by atoms with Gasteiger partial charge >= 0.3 is 0 Å². The zero-order valence-electron chi connectivity index (χ0n) is 15.6. The summed E-state index contributed by atoms with van der Waals surface area (Å²) >= 11 is 1.66. The van der Waals surface area contributed by atoms with E-state index in [2.05, 4.69) is 37.3 Å². The number of nitrogens with two attached hydrogens (primary N) is 1. The number of rotatable bonds is 5. The lowest BCUT2D eigenvalue weighted by Crippen LogP contribution is -2.38. The molecule has 0 atom stereocenters. The molecule has 3 aromatic rings. The van der Waals surface area contributed by atoms with Gasteiger partial charge in [0, 0.05) is 42.8 Å². The molecule has 0 bridgehead atoms. The van der Waals surface area contributed by atoms with Crippen LogP contribution >= 0.6 is 11.3 Å². The van der Waals surface area contributed by atoms with E-state index in [4.69, 9.17) is 5.73 Å². The lowest BCUT2D eigenvalue weighted by Gasteiger charge is -2.30. The van der Waals surface area contributed by atoms with Gasteiger partial charge in [0.25, 0.3) is 0 Å². The number of aromatic nitrogens is 3. The first kappa shape index (κ1) is 18.4. The van der Waals surface area contributed by atoms with Crippen LogP contribution < -0.4 is 16.0 Å². The van der Waals surface area contributed by atoms with Gasteiger partial charge in [0.2, 0.25) is 11.9 Å². The molecular weight excluding hydrogens is 372 g/mol. The third kappa shape index (κ3) is 4.12. The van der Waals surface area contributed by atoms with E-state index in [-0.39, 0.29) is 11.8 Å². The SMILES string of the molecule is Cc1ccnc(Nc2cccc(-c3cnc(N4CCC(C(N)=O)CC4)s3)c2)n1. The number of piperidine rings is 1. The van der Waals surface area contributed by atoms with Crippen LogP contribution in [0.3, 0.4) is 0 Å². The molecule has 7 nitrogen and oxygen atoms in total. The van der Waals surface area contributed by atoms with Crippen LogP contribution in [0.2, 0.25) is 0 Å². The van der Waals surface area contributed by atoms with Crippen LogP contribution in [0, 0.1) is 12.8 Å². The average molecular weight is 395 g/mol. The molecule has 1 aliphatic heterocycles. The molecule has 3 heterocycles. The van der Waals surface area contributed by atoms with Crippen molar-refractivity contribution in [2.45, 2.75) is 19.8 Å². The Labute approximate surface area is 167 Å². The summed E-state index contributed by atoms with van der Waals surface area (Å²) in [6, 6.07) is 10.0. The maximum absolute atomic E-state index is 11.3. The van der Waals surface area contributed by atoms with Crippen molar-refractivity contribution in [1.82, 2.24) is 15.0 Å². The molecule has 144 valence electrons. The lowest BCUT2D eigenvalue weighted by atomic mass is 9.97. The molecule has 28 heavy (non-hydrogen) atoms. The number of hydrogen-bond acceptors (Lipinski definition) is 7. The van der Waals surface area contributed by atoms with Crippen LogP contribution in [0.1, 0.15) is 18.5 Å². The average Bonchev–Trinajstić information content (AvgIpc) is 3.19. The number of nitrogens with one attached hydrogen (secondary N) is 1. The zero-order chi connectivity index (χ0) is 19.5. The molecule has 4 rings (SSSR count). The molecule has 0 spiro atoms. The third-order valence-corrected chi connectivity index (χ3v) is 5.97. The summed E-state index contributed by atoms with van der Waals surface area (Å²) in [7, 11) is 0. The fourth-order valence-electron chi connectivity index (χ4n) is 3.29. The van der Waals surface area contributed by atoms with Crippen LogP contribution in [0.4, 0.5) is 16.8 Å². The normalized spacial score (nSPS) is 14.8. The Kier molecular flexibility index (Phi) is 5.21. The Hall–Kier alpha value is -3.00. The van der Waals surface area contributed by atoms with Gasteiger partial charge in [-0.15, -0.1) is 0 Å². The number of anilines is 3. The molecule has 1 fully saturated rings. The number of hydrogen-bond donors (Lipinski definition) is 2. The van der Waals surface area contributed by atoms with Crippen molar-refractivity contribution >= 4 is 34.0 Å². The molecule has 0 saturated carbocycles. The van der Waals surface area contributed by atoms with Crippen molar-refractivity contribution in [3.05, 3.63) is 48.4 Å². The highest BCUT2D eigenvalue weighted by Gasteiger charge is 2.24. The summed E-state index contributed by atoms with van der Waals surface area (Å²) in [6.07, 6.45) is 5.23. The van der Waals surface area contributed by atoms with E-state index >= 15 is 0 Å². The summed E-state index contributed by atoms with van der Waals surface area (Å²) in [5.74, 6) is 0.378. The highest BCUT2D eigenvalue weighted by atomic mass is 32.1. The summed E-state index contributed by atoms with van der Waals surface area (Å²) in [5, 5.41) is 4.23. The van der Waals surface area contributed by atoms with Crippen molar-refractivity contribution in [2.24, 2.45) is 11.7 Å². The monoisotopic (exact) mass is 394 g/mol. The summed E-state index contributed by atoms with van der Waals surface area (Å²) in [5.41, 5.74) is 8.36. The van der Waals surface area contributed by atoms with Gasteiger partial charge in [0.05, 0.1) is 4.88 Å². The maximum Gasteiger partial charge on any atom is 0.227 e. The molecule has 2 aromatic heterocycles. The lowest BCUT2D eigenvalue weighted by molar-refractivity contribution is -0.122. The minimum absolute atomic E-state index is 0.0118. The van der Waals surface area contributed by atoms with Crippen molar-refractivity contribution in [3.63, 3.8) is 0 Å². The standard InChI is InChI=1S/C20H22N6OS/c1-13-5-8-22-19(24-13)25-16-4-2-3-15(11-16)17-12-23-20(28-17)26-9-6-14(7-10-26)18(21)27/h2-5,8,11-12,14H,6-7,9-10H2,1H3,(H2,21,27)(H,22,24,25). The van der Waals surface area contributed by atoms with E-state index in [0.717, 1.165) is 52.9 Å². The molecule has 0 radical (unpaired) electrons. The number of aryl methyl sites for hydroxylation is 1. The highest BCUT2D eigenvalue weighted by molar-refractivity contribution is 7.18. The van der Waals surface area contributed by atoms with Gasteiger partial charge in [-0.05, 0) is 43.5 Å². The molecular formula is C20H22N6OS. The van der Waals surface area contributed by atoms with Crippen molar-refractivity contribution in [1.29, 1.82) is 0 Å². The van der Waals surface area contributed by atoms with E-state index in [9.17, 15) is 4.79 Å². The predicted octanol–water partition coefficient (Wildman–Crippen LogP) is 3.35. The van der Waals surface area contributed by atoms with Crippen LogP contribution in [0.15, 0.2) is 42.7 Å². The number of primary amides is 1. The van der Waals surface area contributed by atoms with Gasteiger partial charge in [0.1, 0.15) is 0 Å². The second-order valence-corrected chi connectivity index (χ2v) is 7.91. The third-order valence-electron chi connectivity index (χ3n) is 4.86. The number of nitrogens with zero attached hydrogens (tertiary/aromatic N) is 4. The van der Waals surface area contributed by atoms with Gasteiger partial charge in [-0.25, -0.2) is 15.0 Å². The minimum atomic E-state index is -0.193. The van der Waals surface area contributed by atoms with Crippen molar-refractivity contribution in [3.8, 4) is 10.4 Å². The van der Waals surface area contributed by atoms with E-state index in [1.165, 1.54) is 0 Å². The quantitative estimate of drug-likeness (QED) is 0.689. The second-order valence-electron chi connectivity index (χ2n) is 6.90. The number of carbonyl (C=O) groups is 1. The zero-order valence-corrected chi connectivity index (χ0v) is 16.4. The summed E-state index contributed by atoms with van der Waals surface area (Å²) in [6.45, 7) is 3.56. The van der Waals surface area contributed by atoms with Crippen LogP contribution in [-0.2, 0) is 4.79 Å². The Morgan fingerprint density at radius 2 is 2.07 bits per heavy atom. The number of thiazole rings is 1. The van der Waals surface area contributed by atoms with E-state index in [0.29, 0.717) is 5.95 Å². The topological polar surface area (TPSA) is 97.0 Å². The van der Waals surface area contributed by atoms with Gasteiger partial charge in [-0.3, -0.25) is 4.79 Å². The summed E-state index contributed by atoms with van der Waals surface area (Å²) in [4.78, 5) is 27.9. The fourth-order valence-corrected chi connectivity index (χ4v) is 4.25. The Morgan fingerprint density at radius 3 is 2.82 bits per heavy atom. The van der Waals surface area contributed by atoms with Crippen LogP contribution in [0.5, 0.6) is 0 Å². The largest absolute Gasteiger partial charge is 0.369 e. The molecule has 0 unspecified atom stereocenters. The summed E-state index contributed by atoms with van der Waals surface area (Å²) < 4.78 is 0.